The number of hydrogen-bond acceptors (Lipinski definition) is 5. The number of nitrogens with zero attached hydrogens (tertiary/aromatic N) is 3. The first-order valence-corrected chi connectivity index (χ1v) is 6.19. The highest BCUT2D eigenvalue weighted by molar-refractivity contribution is 6.32. The average molecular weight is 299 g/mol. The largest absolute Gasteiger partial charge is 0.353 e. The van der Waals surface area contributed by atoms with Gasteiger partial charge in [-0.1, -0.05) is 11.6 Å². The van der Waals surface area contributed by atoms with Crippen LogP contribution in [0.15, 0.2) is 12.3 Å². The van der Waals surface area contributed by atoms with Crippen LogP contribution in [0.5, 0.6) is 0 Å². The van der Waals surface area contributed by atoms with E-state index in [2.05, 4.69) is 10.3 Å². The Balaban J connectivity index is 2.41. The van der Waals surface area contributed by atoms with Crippen LogP contribution in [0.4, 0.5) is 5.69 Å². The van der Waals surface area contributed by atoms with Crippen LogP contribution in [-0.2, 0) is 4.79 Å². The van der Waals surface area contributed by atoms with Crippen LogP contribution in [0.1, 0.15) is 17.3 Å². The molecule has 1 atom stereocenters. The predicted octanol–water partition coefficient (Wildman–Crippen LogP) is 0.604. The molecule has 1 fully saturated rings. The molecule has 0 aliphatic carbocycles. The molecule has 1 aliphatic heterocycles. The fourth-order valence-corrected chi connectivity index (χ4v) is 2.22. The van der Waals surface area contributed by atoms with Gasteiger partial charge < -0.3 is 10.2 Å². The van der Waals surface area contributed by atoms with Crippen molar-refractivity contribution in [2.75, 3.05) is 13.1 Å². The van der Waals surface area contributed by atoms with Gasteiger partial charge in [0.15, 0.2) is 0 Å². The molecule has 2 amide bonds. The van der Waals surface area contributed by atoms with Crippen molar-refractivity contribution in [1.29, 1.82) is 0 Å². The SMILES string of the molecule is CC1C(=O)NCCN1C(=O)c1ccnc(Cl)c1[N+](=O)[O-]. The van der Waals surface area contributed by atoms with Gasteiger partial charge in [-0.2, -0.15) is 0 Å². The Morgan fingerprint density at radius 3 is 3.00 bits per heavy atom. The van der Waals surface area contributed by atoms with E-state index in [1.165, 1.54) is 17.2 Å². The van der Waals surface area contributed by atoms with E-state index < -0.39 is 22.6 Å². The molecule has 1 saturated heterocycles. The van der Waals surface area contributed by atoms with Gasteiger partial charge in [0, 0.05) is 19.3 Å². The Bertz CT molecular complexity index is 592. The van der Waals surface area contributed by atoms with Crippen LogP contribution in [0, 0.1) is 10.1 Å². The van der Waals surface area contributed by atoms with Gasteiger partial charge in [-0.3, -0.25) is 19.7 Å². The van der Waals surface area contributed by atoms with E-state index in [1.54, 1.807) is 6.92 Å². The third kappa shape index (κ3) is 2.42. The Morgan fingerprint density at radius 2 is 2.35 bits per heavy atom. The zero-order valence-corrected chi connectivity index (χ0v) is 11.3. The number of piperazine rings is 1. The summed E-state index contributed by atoms with van der Waals surface area (Å²) >= 11 is 5.67. The fourth-order valence-electron chi connectivity index (χ4n) is 1.99. The lowest BCUT2D eigenvalue weighted by molar-refractivity contribution is -0.385. The average Bonchev–Trinajstić information content (AvgIpc) is 2.40. The number of amides is 2. The molecular formula is C11H11ClN4O4. The van der Waals surface area contributed by atoms with Crippen LogP contribution in [0.25, 0.3) is 0 Å². The highest BCUT2D eigenvalue weighted by atomic mass is 35.5. The smallest absolute Gasteiger partial charge is 0.319 e. The van der Waals surface area contributed by atoms with Crippen molar-refractivity contribution in [3.8, 4) is 0 Å². The van der Waals surface area contributed by atoms with Crippen molar-refractivity contribution in [2.24, 2.45) is 0 Å². The highest BCUT2D eigenvalue weighted by Gasteiger charge is 2.34. The monoisotopic (exact) mass is 298 g/mol. The number of pyridine rings is 1. The van der Waals surface area contributed by atoms with Gasteiger partial charge in [0.1, 0.15) is 11.6 Å². The maximum atomic E-state index is 12.4. The van der Waals surface area contributed by atoms with E-state index in [1.807, 2.05) is 0 Å². The molecule has 0 radical (unpaired) electrons. The Morgan fingerprint density at radius 1 is 1.65 bits per heavy atom. The number of carbonyl (C=O) groups excluding carboxylic acids is 2. The van der Waals surface area contributed by atoms with E-state index in [0.29, 0.717) is 6.54 Å². The molecule has 1 aliphatic rings. The van der Waals surface area contributed by atoms with Crippen molar-refractivity contribution in [2.45, 2.75) is 13.0 Å². The second-order valence-electron chi connectivity index (χ2n) is 4.22. The molecule has 1 unspecified atom stereocenters. The van der Waals surface area contributed by atoms with Gasteiger partial charge in [-0.25, -0.2) is 4.98 Å². The van der Waals surface area contributed by atoms with Crippen LogP contribution in [0.3, 0.4) is 0 Å². The minimum absolute atomic E-state index is 0.170. The predicted molar refractivity (Wildman–Crippen MR) is 69.4 cm³/mol. The number of halogens is 1. The van der Waals surface area contributed by atoms with E-state index >= 15 is 0 Å². The second-order valence-corrected chi connectivity index (χ2v) is 4.58. The van der Waals surface area contributed by atoms with Crippen molar-refractivity contribution < 1.29 is 14.5 Å². The highest BCUT2D eigenvalue weighted by Crippen LogP contribution is 2.27. The van der Waals surface area contributed by atoms with Crippen molar-refractivity contribution in [3.05, 3.63) is 33.1 Å². The summed E-state index contributed by atoms with van der Waals surface area (Å²) in [6, 6.07) is 0.536. The van der Waals surface area contributed by atoms with E-state index in [-0.39, 0.29) is 23.2 Å². The zero-order valence-electron chi connectivity index (χ0n) is 10.5. The first-order chi connectivity index (χ1) is 9.43. The second kappa shape index (κ2) is 5.41. The van der Waals surface area contributed by atoms with Crippen LogP contribution >= 0.6 is 11.6 Å². The van der Waals surface area contributed by atoms with Crippen molar-refractivity contribution in [1.82, 2.24) is 15.2 Å². The Labute approximate surface area is 118 Å². The normalized spacial score (nSPS) is 18.6. The molecule has 9 heteroatoms. The van der Waals surface area contributed by atoms with Crippen LogP contribution in [-0.4, -0.2) is 45.8 Å². The lowest BCUT2D eigenvalue weighted by Crippen LogP contribution is -2.55. The molecule has 1 aromatic rings. The maximum Gasteiger partial charge on any atom is 0.319 e. The summed E-state index contributed by atoms with van der Waals surface area (Å²) in [6.45, 7) is 2.14. The summed E-state index contributed by atoms with van der Waals surface area (Å²) in [5.74, 6) is -0.907. The summed E-state index contributed by atoms with van der Waals surface area (Å²) in [7, 11) is 0. The molecule has 106 valence electrons. The number of nitro groups is 1. The molecule has 0 saturated carbocycles. The maximum absolute atomic E-state index is 12.4. The molecule has 0 spiro atoms. The van der Waals surface area contributed by atoms with E-state index in [4.69, 9.17) is 11.6 Å². The van der Waals surface area contributed by atoms with Gasteiger partial charge in [-0.05, 0) is 13.0 Å². The van der Waals surface area contributed by atoms with Crippen LogP contribution in [0.2, 0.25) is 5.15 Å². The van der Waals surface area contributed by atoms with Crippen molar-refractivity contribution >= 4 is 29.1 Å². The fraction of sp³-hybridized carbons (Fsp3) is 0.364. The quantitative estimate of drug-likeness (QED) is 0.489. The number of nitrogens with one attached hydrogen (secondary N) is 1. The zero-order chi connectivity index (χ0) is 14.9. The van der Waals surface area contributed by atoms with Gasteiger partial charge in [0.25, 0.3) is 5.91 Å². The summed E-state index contributed by atoms with van der Waals surface area (Å²) in [5.41, 5.74) is -0.714. The van der Waals surface area contributed by atoms with Gasteiger partial charge in [-0.15, -0.1) is 0 Å². The minimum Gasteiger partial charge on any atom is -0.353 e. The molecule has 20 heavy (non-hydrogen) atoms. The van der Waals surface area contributed by atoms with Gasteiger partial charge in [0.2, 0.25) is 11.1 Å². The topological polar surface area (TPSA) is 105 Å². The molecule has 1 aromatic heterocycles. The van der Waals surface area contributed by atoms with Crippen molar-refractivity contribution in [3.63, 3.8) is 0 Å². The number of rotatable bonds is 2. The van der Waals surface area contributed by atoms with Crippen LogP contribution < -0.4 is 5.32 Å². The summed E-state index contributed by atoms with van der Waals surface area (Å²) in [6.07, 6.45) is 1.22. The first kappa shape index (κ1) is 14.2. The number of hydrogen-bond donors (Lipinski definition) is 1. The lowest BCUT2D eigenvalue weighted by atomic mass is 10.1. The van der Waals surface area contributed by atoms with E-state index in [9.17, 15) is 19.7 Å². The third-order valence-corrected chi connectivity index (χ3v) is 3.33. The van der Waals surface area contributed by atoms with Gasteiger partial charge in [0.05, 0.1) is 4.92 Å². The lowest BCUT2D eigenvalue weighted by Gasteiger charge is -2.32. The molecule has 2 heterocycles. The number of aromatic nitrogens is 1. The minimum atomic E-state index is -0.753. The van der Waals surface area contributed by atoms with Gasteiger partial charge >= 0.3 is 5.69 Å². The Hall–Kier alpha value is -2.22. The molecule has 1 N–H and O–H groups in total. The van der Waals surface area contributed by atoms with E-state index in [0.717, 1.165) is 0 Å². The summed E-state index contributed by atoms with van der Waals surface area (Å²) < 4.78 is 0. The summed E-state index contributed by atoms with van der Waals surface area (Å²) in [4.78, 5) is 39.1. The third-order valence-electron chi connectivity index (χ3n) is 3.05. The molecule has 0 bridgehead atoms. The molecule has 8 nitrogen and oxygen atoms in total. The number of carbonyl (C=O) groups is 2. The Kier molecular flexibility index (Phi) is 3.84. The standard InChI is InChI=1S/C11H11ClN4O4/c1-6-10(17)14-4-5-15(6)11(18)7-2-3-13-9(12)8(7)16(19)20/h2-3,6H,4-5H2,1H3,(H,14,17). The molecular weight excluding hydrogens is 288 g/mol. The molecule has 2 rings (SSSR count). The molecule has 0 aromatic carbocycles. The first-order valence-electron chi connectivity index (χ1n) is 5.81. The summed E-state index contributed by atoms with van der Waals surface area (Å²) in [5, 5.41) is 13.3.